The molecule has 19 heavy (non-hydrogen) atoms. The van der Waals surface area contributed by atoms with E-state index in [0.717, 1.165) is 5.56 Å². The lowest BCUT2D eigenvalue weighted by Crippen LogP contribution is -1.99. The van der Waals surface area contributed by atoms with Gasteiger partial charge in [0, 0.05) is 36.7 Å². The number of aromatic carboxylic acids is 1. The molecule has 0 unspecified atom stereocenters. The highest BCUT2D eigenvalue weighted by Crippen LogP contribution is 2.20. The summed E-state index contributed by atoms with van der Waals surface area (Å²) in [6, 6.07) is 7.31. The topological polar surface area (TPSA) is 68.0 Å². The molecule has 0 saturated heterocycles. The predicted molar refractivity (Wildman–Crippen MR) is 70.0 cm³/mol. The second-order valence-corrected chi connectivity index (χ2v) is 4.21. The summed E-state index contributed by atoms with van der Waals surface area (Å²) in [6.07, 6.45) is 6.72. The Morgan fingerprint density at radius 2 is 2.00 bits per heavy atom. The molecule has 0 bridgehead atoms. The number of carboxylic acid groups (broad SMARTS) is 1. The minimum Gasteiger partial charge on any atom is -0.478 e. The van der Waals surface area contributed by atoms with Gasteiger partial charge in [0.2, 0.25) is 0 Å². The Balaban J connectivity index is 2.11. The van der Waals surface area contributed by atoms with E-state index in [2.05, 4.69) is 9.97 Å². The van der Waals surface area contributed by atoms with E-state index >= 15 is 0 Å². The van der Waals surface area contributed by atoms with Crippen molar-refractivity contribution in [2.75, 3.05) is 0 Å². The van der Waals surface area contributed by atoms with Gasteiger partial charge >= 0.3 is 5.97 Å². The molecule has 0 aliphatic heterocycles. The van der Waals surface area contributed by atoms with E-state index < -0.39 is 5.97 Å². The highest BCUT2D eigenvalue weighted by Gasteiger charge is 2.14. The normalized spacial score (nSPS) is 10.7. The van der Waals surface area contributed by atoms with Crippen LogP contribution in [0.4, 0.5) is 0 Å². The summed E-state index contributed by atoms with van der Waals surface area (Å²) in [5.41, 5.74) is 2.00. The molecule has 94 valence electrons. The van der Waals surface area contributed by atoms with E-state index in [9.17, 15) is 9.90 Å². The van der Waals surface area contributed by atoms with Gasteiger partial charge in [-0.2, -0.15) is 0 Å². The summed E-state index contributed by atoms with van der Waals surface area (Å²) >= 11 is 0. The summed E-state index contributed by atoms with van der Waals surface area (Å²) in [5, 5.41) is 9.87. The van der Waals surface area contributed by atoms with Crippen LogP contribution < -0.4 is 0 Å². The Labute approximate surface area is 109 Å². The van der Waals surface area contributed by atoms with Crippen molar-refractivity contribution in [1.82, 2.24) is 14.5 Å². The van der Waals surface area contributed by atoms with Crippen LogP contribution in [0.1, 0.15) is 15.9 Å². The third-order valence-corrected chi connectivity index (χ3v) is 2.97. The van der Waals surface area contributed by atoms with Gasteiger partial charge in [-0.25, -0.2) is 9.78 Å². The summed E-state index contributed by atoms with van der Waals surface area (Å²) < 4.78 is 1.84. The maximum absolute atomic E-state index is 11.2. The fourth-order valence-corrected chi connectivity index (χ4v) is 2.10. The van der Waals surface area contributed by atoms with E-state index in [1.54, 1.807) is 36.9 Å². The largest absolute Gasteiger partial charge is 0.478 e. The first-order valence-corrected chi connectivity index (χ1v) is 5.82. The number of hydrogen-bond donors (Lipinski definition) is 1. The molecule has 0 atom stereocenters. The molecular formula is C14H11N3O2. The Hall–Kier alpha value is -2.69. The second kappa shape index (κ2) is 4.53. The van der Waals surface area contributed by atoms with Crippen LogP contribution >= 0.6 is 0 Å². The minimum atomic E-state index is -0.938. The van der Waals surface area contributed by atoms with Crippen molar-refractivity contribution in [2.24, 2.45) is 0 Å². The van der Waals surface area contributed by atoms with Crippen molar-refractivity contribution in [3.05, 3.63) is 60.2 Å². The molecule has 0 aliphatic rings. The lowest BCUT2D eigenvalue weighted by atomic mass is 10.2. The van der Waals surface area contributed by atoms with Crippen molar-refractivity contribution in [3.63, 3.8) is 0 Å². The first kappa shape index (κ1) is 11.4. The Kier molecular flexibility index (Phi) is 2.72. The summed E-state index contributed by atoms with van der Waals surface area (Å²) in [5.74, 6) is -0.938. The van der Waals surface area contributed by atoms with Gasteiger partial charge in [0.15, 0.2) is 0 Å². The van der Waals surface area contributed by atoms with E-state index in [-0.39, 0.29) is 5.56 Å². The molecule has 0 aliphatic carbocycles. The van der Waals surface area contributed by atoms with Crippen LogP contribution in [0.3, 0.4) is 0 Å². The first-order valence-electron chi connectivity index (χ1n) is 5.82. The molecule has 1 N–H and O–H groups in total. The van der Waals surface area contributed by atoms with Crippen molar-refractivity contribution in [2.45, 2.75) is 6.54 Å². The minimum absolute atomic E-state index is 0.275. The van der Waals surface area contributed by atoms with Crippen LogP contribution in [0.15, 0.2) is 49.1 Å². The van der Waals surface area contributed by atoms with E-state index in [1.165, 1.54) is 0 Å². The molecule has 3 aromatic heterocycles. The Morgan fingerprint density at radius 3 is 2.74 bits per heavy atom. The molecule has 0 amide bonds. The van der Waals surface area contributed by atoms with Gasteiger partial charge in [0.25, 0.3) is 0 Å². The fraction of sp³-hybridized carbons (Fsp3) is 0.0714. The molecule has 5 heteroatoms. The quantitative estimate of drug-likeness (QED) is 0.776. The molecule has 3 aromatic rings. The van der Waals surface area contributed by atoms with Gasteiger partial charge in [-0.1, -0.05) is 0 Å². The highest BCUT2D eigenvalue weighted by atomic mass is 16.4. The SMILES string of the molecule is O=C(O)c1cn(Cc2ccncc2)c2ncccc12. The van der Waals surface area contributed by atoms with Crippen molar-refractivity contribution >= 4 is 17.0 Å². The molecule has 0 spiro atoms. The average molecular weight is 253 g/mol. The third-order valence-electron chi connectivity index (χ3n) is 2.97. The Morgan fingerprint density at radius 1 is 1.21 bits per heavy atom. The molecule has 3 heterocycles. The number of hydrogen-bond acceptors (Lipinski definition) is 3. The van der Waals surface area contributed by atoms with Crippen molar-refractivity contribution in [1.29, 1.82) is 0 Å². The lowest BCUT2D eigenvalue weighted by Gasteiger charge is -2.03. The smallest absolute Gasteiger partial charge is 0.337 e. The maximum atomic E-state index is 11.2. The number of fused-ring (bicyclic) bond motifs is 1. The van der Waals surface area contributed by atoms with Gasteiger partial charge in [0.1, 0.15) is 5.65 Å². The average Bonchev–Trinajstić information content (AvgIpc) is 2.79. The van der Waals surface area contributed by atoms with Gasteiger partial charge < -0.3 is 9.67 Å². The van der Waals surface area contributed by atoms with Gasteiger partial charge in [-0.3, -0.25) is 4.98 Å². The molecular weight excluding hydrogens is 242 g/mol. The van der Waals surface area contributed by atoms with E-state index in [4.69, 9.17) is 0 Å². The van der Waals surface area contributed by atoms with Gasteiger partial charge in [0.05, 0.1) is 5.56 Å². The number of aromatic nitrogens is 3. The number of carbonyl (C=O) groups is 1. The van der Waals surface area contributed by atoms with Crippen LogP contribution in [0.5, 0.6) is 0 Å². The van der Waals surface area contributed by atoms with Gasteiger partial charge in [-0.15, -0.1) is 0 Å². The zero-order chi connectivity index (χ0) is 13.2. The standard InChI is InChI=1S/C14H11N3O2/c18-14(19)12-9-17(8-10-3-6-15-7-4-10)13-11(12)2-1-5-16-13/h1-7,9H,8H2,(H,18,19). The maximum Gasteiger partial charge on any atom is 0.337 e. The first-order chi connectivity index (χ1) is 9.25. The molecule has 0 fully saturated rings. The zero-order valence-electron chi connectivity index (χ0n) is 10.0. The van der Waals surface area contributed by atoms with Crippen molar-refractivity contribution < 1.29 is 9.90 Å². The van der Waals surface area contributed by atoms with Crippen LogP contribution in [-0.4, -0.2) is 25.6 Å². The van der Waals surface area contributed by atoms with Crippen molar-refractivity contribution in [3.8, 4) is 0 Å². The highest BCUT2D eigenvalue weighted by molar-refractivity contribution is 6.02. The van der Waals surface area contributed by atoms with Crippen LogP contribution in [0.25, 0.3) is 11.0 Å². The fourth-order valence-electron chi connectivity index (χ4n) is 2.10. The number of carboxylic acids is 1. The van der Waals surface area contributed by atoms with E-state index in [1.807, 2.05) is 16.7 Å². The number of nitrogens with zero attached hydrogens (tertiary/aromatic N) is 3. The molecule has 0 radical (unpaired) electrons. The van der Waals surface area contributed by atoms with E-state index in [0.29, 0.717) is 17.6 Å². The number of pyridine rings is 2. The molecule has 5 nitrogen and oxygen atoms in total. The number of rotatable bonds is 3. The molecule has 0 saturated carbocycles. The monoisotopic (exact) mass is 253 g/mol. The van der Waals surface area contributed by atoms with Gasteiger partial charge in [-0.05, 0) is 29.8 Å². The van der Waals surface area contributed by atoms with Crippen LogP contribution in [0, 0.1) is 0 Å². The third kappa shape index (κ3) is 2.06. The molecule has 3 rings (SSSR count). The van der Waals surface area contributed by atoms with Crippen LogP contribution in [0.2, 0.25) is 0 Å². The Bertz CT molecular complexity index is 735. The molecule has 0 aromatic carbocycles. The predicted octanol–water partition coefficient (Wildman–Crippen LogP) is 2.18. The second-order valence-electron chi connectivity index (χ2n) is 4.21. The van der Waals surface area contributed by atoms with Crippen LogP contribution in [-0.2, 0) is 6.54 Å². The summed E-state index contributed by atoms with van der Waals surface area (Å²) in [4.78, 5) is 19.5. The summed E-state index contributed by atoms with van der Waals surface area (Å²) in [7, 11) is 0. The lowest BCUT2D eigenvalue weighted by molar-refractivity contribution is 0.0699. The summed E-state index contributed by atoms with van der Waals surface area (Å²) in [6.45, 7) is 0.573. The zero-order valence-corrected chi connectivity index (χ0v) is 10.0.